The van der Waals surface area contributed by atoms with Gasteiger partial charge in [0.2, 0.25) is 0 Å². The summed E-state index contributed by atoms with van der Waals surface area (Å²) in [7, 11) is 0. The lowest BCUT2D eigenvalue weighted by Gasteiger charge is -2.61. The van der Waals surface area contributed by atoms with E-state index in [4.69, 9.17) is 4.74 Å². The van der Waals surface area contributed by atoms with E-state index in [1.54, 1.807) is 0 Å². The third-order valence-corrected chi connectivity index (χ3v) is 8.72. The Morgan fingerprint density at radius 1 is 1.08 bits per heavy atom. The molecule has 0 heterocycles. The van der Waals surface area contributed by atoms with Crippen LogP contribution in [0.3, 0.4) is 0 Å². The zero-order valence-corrected chi connectivity index (χ0v) is 15.8. The minimum absolute atomic E-state index is 0.0338. The first-order valence-electron chi connectivity index (χ1n) is 10.1. The molecule has 4 fully saturated rings. The summed E-state index contributed by atoms with van der Waals surface area (Å²) in [5.41, 5.74) is 0.150. The van der Waals surface area contributed by atoms with Crippen molar-refractivity contribution in [3.8, 4) is 0 Å². The van der Waals surface area contributed by atoms with Gasteiger partial charge in [0.15, 0.2) is 0 Å². The highest BCUT2D eigenvalue weighted by atomic mass is 16.5. The predicted molar refractivity (Wildman–Crippen MR) is 93.7 cm³/mol. The van der Waals surface area contributed by atoms with Gasteiger partial charge in [0.25, 0.3) is 0 Å². The average molecular weight is 348 g/mol. The molecule has 4 aliphatic rings. The Morgan fingerprint density at radius 2 is 1.80 bits per heavy atom. The number of carbonyl (C=O) groups excluding carboxylic acids is 2. The van der Waals surface area contributed by atoms with Gasteiger partial charge >= 0.3 is 5.97 Å². The van der Waals surface area contributed by atoms with Crippen LogP contribution in [0.2, 0.25) is 0 Å². The molecule has 0 saturated heterocycles. The van der Waals surface area contributed by atoms with E-state index in [1.807, 2.05) is 0 Å². The second-order valence-corrected chi connectivity index (χ2v) is 9.75. The lowest BCUT2D eigenvalue weighted by Crippen LogP contribution is -2.58. The minimum atomic E-state index is -0.356. The maximum Gasteiger partial charge on any atom is 0.302 e. The Labute approximate surface area is 150 Å². The van der Waals surface area contributed by atoms with Gasteiger partial charge in [-0.3, -0.25) is 9.59 Å². The Bertz CT molecular complexity index is 586. The monoisotopic (exact) mass is 348 g/mol. The van der Waals surface area contributed by atoms with Crippen molar-refractivity contribution in [2.75, 3.05) is 0 Å². The molecule has 4 nitrogen and oxygen atoms in total. The van der Waals surface area contributed by atoms with Crippen LogP contribution in [0.25, 0.3) is 0 Å². The van der Waals surface area contributed by atoms with E-state index in [0.29, 0.717) is 36.4 Å². The fraction of sp³-hybridized carbons (Fsp3) is 0.905. The lowest BCUT2D eigenvalue weighted by molar-refractivity contribution is -0.176. The summed E-state index contributed by atoms with van der Waals surface area (Å²) < 4.78 is 5.69. The van der Waals surface area contributed by atoms with Crippen molar-refractivity contribution in [1.82, 2.24) is 0 Å². The standard InChI is InChI=1S/C21H32O4/c1-12(22)25-19-5-4-15-14-11-18(24)17-10-13(23)6-8-20(17,2)16(14)7-9-21(15,19)3/h14-19,24H,4-11H2,1-3H3/t14-,15-,16+,17+,18-,19+,20+,21-/m0/s1. The highest BCUT2D eigenvalue weighted by Gasteiger charge is 2.62. The molecule has 0 aromatic rings. The average Bonchev–Trinajstić information content (AvgIpc) is 2.86. The zero-order valence-electron chi connectivity index (χ0n) is 15.8. The first-order chi connectivity index (χ1) is 11.8. The molecular formula is C21H32O4. The van der Waals surface area contributed by atoms with Crippen LogP contribution in [0.15, 0.2) is 0 Å². The normalized spacial score (nSPS) is 52.1. The molecule has 4 aliphatic carbocycles. The lowest BCUT2D eigenvalue weighted by atomic mass is 9.44. The fourth-order valence-electron chi connectivity index (χ4n) is 7.43. The molecule has 1 N–H and O–H groups in total. The molecule has 4 saturated carbocycles. The van der Waals surface area contributed by atoms with E-state index >= 15 is 0 Å². The van der Waals surface area contributed by atoms with Crippen LogP contribution in [0.5, 0.6) is 0 Å². The molecule has 0 aromatic carbocycles. The number of aliphatic hydroxyl groups is 1. The number of esters is 1. The van der Waals surface area contributed by atoms with Crippen LogP contribution in [-0.4, -0.2) is 29.1 Å². The molecule has 0 unspecified atom stereocenters. The van der Waals surface area contributed by atoms with Crippen LogP contribution in [0.1, 0.15) is 72.1 Å². The second kappa shape index (κ2) is 5.80. The quantitative estimate of drug-likeness (QED) is 0.737. The molecule has 0 aliphatic heterocycles. The summed E-state index contributed by atoms with van der Waals surface area (Å²) in [6, 6.07) is 0. The summed E-state index contributed by atoms with van der Waals surface area (Å²) in [6.07, 6.45) is 6.99. The number of hydrogen-bond acceptors (Lipinski definition) is 4. The molecule has 4 heteroatoms. The van der Waals surface area contributed by atoms with Gasteiger partial charge in [0.1, 0.15) is 11.9 Å². The summed E-state index contributed by atoms with van der Waals surface area (Å²) in [5.74, 6) is 1.93. The number of ketones is 1. The molecule has 4 rings (SSSR count). The van der Waals surface area contributed by atoms with Crippen molar-refractivity contribution >= 4 is 11.8 Å². The van der Waals surface area contributed by atoms with E-state index in [9.17, 15) is 14.7 Å². The number of rotatable bonds is 1. The van der Waals surface area contributed by atoms with Gasteiger partial charge < -0.3 is 9.84 Å². The van der Waals surface area contributed by atoms with Gasteiger partial charge in [-0.2, -0.15) is 0 Å². The minimum Gasteiger partial charge on any atom is -0.462 e. The van der Waals surface area contributed by atoms with Crippen molar-refractivity contribution in [1.29, 1.82) is 0 Å². The van der Waals surface area contributed by atoms with Gasteiger partial charge in [-0.15, -0.1) is 0 Å². The third kappa shape index (κ3) is 2.50. The number of fused-ring (bicyclic) bond motifs is 5. The van der Waals surface area contributed by atoms with Crippen LogP contribution >= 0.6 is 0 Å². The van der Waals surface area contributed by atoms with Gasteiger partial charge in [0.05, 0.1) is 6.10 Å². The summed E-state index contributed by atoms with van der Waals surface area (Å²) in [6.45, 7) is 6.16. The topological polar surface area (TPSA) is 63.6 Å². The van der Waals surface area contributed by atoms with Crippen molar-refractivity contribution in [3.63, 3.8) is 0 Å². The van der Waals surface area contributed by atoms with Crippen LogP contribution in [0, 0.1) is 34.5 Å². The number of hydrogen-bond donors (Lipinski definition) is 1. The Hall–Kier alpha value is -0.900. The zero-order chi connectivity index (χ0) is 18.0. The van der Waals surface area contributed by atoms with Crippen LogP contribution in [-0.2, 0) is 14.3 Å². The van der Waals surface area contributed by atoms with Crippen LogP contribution < -0.4 is 0 Å². The van der Waals surface area contributed by atoms with E-state index in [1.165, 1.54) is 6.92 Å². The molecule has 25 heavy (non-hydrogen) atoms. The van der Waals surface area contributed by atoms with Crippen LogP contribution in [0.4, 0.5) is 0 Å². The summed E-state index contributed by atoms with van der Waals surface area (Å²) >= 11 is 0. The Morgan fingerprint density at radius 3 is 2.52 bits per heavy atom. The van der Waals surface area contributed by atoms with Crippen molar-refractivity contribution in [2.45, 2.75) is 84.3 Å². The van der Waals surface area contributed by atoms with Gasteiger partial charge in [-0.1, -0.05) is 13.8 Å². The van der Waals surface area contributed by atoms with E-state index < -0.39 is 0 Å². The SMILES string of the molecule is CC(=O)O[C@@H]1CC[C@H]2[C@@H]3C[C@H](O)[C@H]4CC(=O)CC[C@]4(C)[C@@H]3CC[C@]12C. The molecule has 140 valence electrons. The summed E-state index contributed by atoms with van der Waals surface area (Å²) in [4.78, 5) is 23.5. The molecule has 0 spiro atoms. The van der Waals surface area contributed by atoms with Gasteiger partial charge in [0, 0.05) is 25.2 Å². The van der Waals surface area contributed by atoms with Gasteiger partial charge in [-0.05, 0) is 67.6 Å². The number of ether oxygens (including phenoxy) is 1. The van der Waals surface area contributed by atoms with E-state index in [-0.39, 0.29) is 34.9 Å². The second-order valence-electron chi connectivity index (χ2n) is 9.75. The largest absolute Gasteiger partial charge is 0.462 e. The highest BCUT2D eigenvalue weighted by Crippen LogP contribution is 2.66. The molecule has 0 amide bonds. The van der Waals surface area contributed by atoms with E-state index in [2.05, 4.69) is 13.8 Å². The maximum atomic E-state index is 12.0. The fourth-order valence-corrected chi connectivity index (χ4v) is 7.43. The Kier molecular flexibility index (Phi) is 4.06. The first kappa shape index (κ1) is 17.5. The number of aliphatic hydroxyl groups excluding tert-OH is 1. The number of carbonyl (C=O) groups is 2. The first-order valence-corrected chi connectivity index (χ1v) is 10.1. The molecule has 0 bridgehead atoms. The summed E-state index contributed by atoms with van der Waals surface area (Å²) in [5, 5.41) is 10.9. The molecular weight excluding hydrogens is 316 g/mol. The molecule has 8 atom stereocenters. The third-order valence-electron chi connectivity index (χ3n) is 8.72. The molecule has 0 radical (unpaired) electrons. The Balaban J connectivity index is 1.62. The smallest absolute Gasteiger partial charge is 0.302 e. The number of Topliss-reactive ketones (excluding diaryl/α,β-unsaturated/α-hetero) is 1. The van der Waals surface area contributed by atoms with Crippen molar-refractivity contribution in [2.24, 2.45) is 34.5 Å². The highest BCUT2D eigenvalue weighted by molar-refractivity contribution is 5.79. The van der Waals surface area contributed by atoms with Crippen molar-refractivity contribution in [3.05, 3.63) is 0 Å². The van der Waals surface area contributed by atoms with E-state index in [0.717, 1.165) is 38.5 Å². The maximum absolute atomic E-state index is 12.0. The predicted octanol–water partition coefficient (Wildman–Crippen LogP) is 3.50. The van der Waals surface area contributed by atoms with Crippen molar-refractivity contribution < 1.29 is 19.4 Å². The molecule has 0 aromatic heterocycles. The van der Waals surface area contributed by atoms with Gasteiger partial charge in [-0.25, -0.2) is 0 Å².